The van der Waals surface area contributed by atoms with E-state index in [9.17, 15) is 0 Å². The minimum Gasteiger partial charge on any atom is -0.424 e. The molecule has 17 heavy (non-hydrogen) atoms. The molecule has 2 rings (SSSR count). The third kappa shape index (κ3) is 3.04. The number of ether oxygens (including phenoxy) is 1. The minimum atomic E-state index is 0.342. The van der Waals surface area contributed by atoms with E-state index in [1.54, 1.807) is 12.4 Å². The molecule has 0 radical (unpaired) electrons. The summed E-state index contributed by atoms with van der Waals surface area (Å²) < 4.78 is 7.51. The summed E-state index contributed by atoms with van der Waals surface area (Å²) in [5.41, 5.74) is 2.24. The highest BCUT2D eigenvalue weighted by molar-refractivity contribution is 9.10. The van der Waals surface area contributed by atoms with Gasteiger partial charge in [-0.05, 0) is 53.0 Å². The van der Waals surface area contributed by atoms with E-state index in [0.29, 0.717) is 6.01 Å². The topological polar surface area (TPSA) is 35.0 Å². The molecule has 1 aromatic carbocycles. The van der Waals surface area contributed by atoms with Crippen LogP contribution in [0.5, 0.6) is 11.8 Å². The highest BCUT2D eigenvalue weighted by atomic mass is 79.9. The van der Waals surface area contributed by atoms with Crippen molar-refractivity contribution in [1.29, 1.82) is 0 Å². The Morgan fingerprint density at radius 3 is 2.06 bits per heavy atom. The van der Waals surface area contributed by atoms with Crippen molar-refractivity contribution < 1.29 is 4.74 Å². The zero-order chi connectivity index (χ0) is 12.4. The van der Waals surface area contributed by atoms with Gasteiger partial charge in [-0.3, -0.25) is 0 Å². The van der Waals surface area contributed by atoms with Gasteiger partial charge in [0.1, 0.15) is 5.75 Å². The van der Waals surface area contributed by atoms with Crippen molar-refractivity contribution >= 4 is 31.9 Å². The van der Waals surface area contributed by atoms with Gasteiger partial charge in [0.05, 0.1) is 4.47 Å². The Labute approximate surface area is 117 Å². The molecule has 0 fully saturated rings. The van der Waals surface area contributed by atoms with Crippen LogP contribution in [0.15, 0.2) is 33.5 Å². The summed E-state index contributed by atoms with van der Waals surface area (Å²) in [4.78, 5) is 8.13. The monoisotopic (exact) mass is 356 g/mol. The number of nitrogens with zero attached hydrogens (tertiary/aromatic N) is 2. The van der Waals surface area contributed by atoms with E-state index in [4.69, 9.17) is 4.74 Å². The van der Waals surface area contributed by atoms with Crippen LogP contribution < -0.4 is 4.74 Å². The lowest BCUT2D eigenvalue weighted by molar-refractivity contribution is 0.440. The van der Waals surface area contributed by atoms with Gasteiger partial charge in [0.15, 0.2) is 0 Å². The van der Waals surface area contributed by atoms with E-state index >= 15 is 0 Å². The molecule has 0 unspecified atom stereocenters. The quantitative estimate of drug-likeness (QED) is 0.798. The van der Waals surface area contributed by atoms with E-state index < -0.39 is 0 Å². The van der Waals surface area contributed by atoms with Crippen LogP contribution in [0.25, 0.3) is 0 Å². The van der Waals surface area contributed by atoms with Gasteiger partial charge in [0, 0.05) is 16.9 Å². The van der Waals surface area contributed by atoms with Crippen molar-refractivity contribution in [2.75, 3.05) is 0 Å². The fourth-order valence-corrected chi connectivity index (χ4v) is 1.86. The first-order chi connectivity index (χ1) is 8.06. The maximum atomic E-state index is 5.59. The van der Waals surface area contributed by atoms with Crippen molar-refractivity contribution in [2.45, 2.75) is 13.8 Å². The molecule has 0 aliphatic carbocycles. The molecular weight excluding hydrogens is 348 g/mol. The smallest absolute Gasteiger partial charge is 0.321 e. The van der Waals surface area contributed by atoms with Crippen molar-refractivity contribution in [3.05, 3.63) is 44.6 Å². The van der Waals surface area contributed by atoms with Crippen LogP contribution in [0.1, 0.15) is 11.1 Å². The van der Waals surface area contributed by atoms with Gasteiger partial charge in [0.2, 0.25) is 0 Å². The molecule has 0 aliphatic rings. The van der Waals surface area contributed by atoms with E-state index in [2.05, 4.69) is 41.8 Å². The van der Waals surface area contributed by atoms with Crippen LogP contribution in [0.4, 0.5) is 0 Å². The lowest BCUT2D eigenvalue weighted by atomic mass is 10.1. The summed E-state index contributed by atoms with van der Waals surface area (Å²) in [6, 6.07) is 4.24. The summed E-state index contributed by atoms with van der Waals surface area (Å²) in [5, 5.41) is 0. The normalized spacial score (nSPS) is 10.4. The SMILES string of the molecule is Cc1cc(Oc2ncc(Br)cn2)cc(C)c1Br. The maximum Gasteiger partial charge on any atom is 0.321 e. The van der Waals surface area contributed by atoms with Gasteiger partial charge in [-0.1, -0.05) is 15.9 Å². The van der Waals surface area contributed by atoms with Crippen LogP contribution >= 0.6 is 31.9 Å². The number of halogens is 2. The molecule has 0 atom stereocenters. The number of aromatic nitrogens is 2. The molecule has 1 aromatic heterocycles. The van der Waals surface area contributed by atoms with Gasteiger partial charge in [-0.15, -0.1) is 0 Å². The molecule has 1 heterocycles. The summed E-state index contributed by atoms with van der Waals surface area (Å²) in [6.45, 7) is 4.04. The van der Waals surface area contributed by atoms with Crippen LogP contribution in [0.3, 0.4) is 0 Å². The van der Waals surface area contributed by atoms with E-state index in [1.165, 1.54) is 0 Å². The van der Waals surface area contributed by atoms with E-state index in [1.807, 2.05) is 26.0 Å². The van der Waals surface area contributed by atoms with Crippen LogP contribution in [0, 0.1) is 13.8 Å². The Hall–Kier alpha value is -0.940. The average molecular weight is 358 g/mol. The third-order valence-electron chi connectivity index (χ3n) is 2.22. The molecule has 0 saturated heterocycles. The summed E-state index contributed by atoms with van der Waals surface area (Å²) in [6.07, 6.45) is 3.31. The second-order valence-electron chi connectivity index (χ2n) is 3.66. The lowest BCUT2D eigenvalue weighted by Crippen LogP contribution is -1.92. The van der Waals surface area contributed by atoms with Gasteiger partial charge in [0.25, 0.3) is 0 Å². The standard InChI is InChI=1S/C12H10Br2N2O/c1-7-3-10(4-8(2)11(7)14)17-12-15-5-9(13)6-16-12/h3-6H,1-2H3. The Morgan fingerprint density at radius 1 is 1.00 bits per heavy atom. The molecule has 0 spiro atoms. The van der Waals surface area contributed by atoms with Gasteiger partial charge >= 0.3 is 6.01 Å². The van der Waals surface area contributed by atoms with Gasteiger partial charge < -0.3 is 4.74 Å². The Bertz CT molecular complexity index is 518. The van der Waals surface area contributed by atoms with E-state index in [-0.39, 0.29) is 0 Å². The molecule has 0 bridgehead atoms. The Morgan fingerprint density at radius 2 is 1.53 bits per heavy atom. The highest BCUT2D eigenvalue weighted by Crippen LogP contribution is 2.28. The van der Waals surface area contributed by atoms with E-state index in [0.717, 1.165) is 25.8 Å². The van der Waals surface area contributed by atoms with Crippen molar-refractivity contribution in [1.82, 2.24) is 9.97 Å². The largest absolute Gasteiger partial charge is 0.424 e. The minimum absolute atomic E-state index is 0.342. The number of benzene rings is 1. The first-order valence-corrected chi connectivity index (χ1v) is 6.57. The molecular formula is C12H10Br2N2O. The second kappa shape index (κ2) is 5.14. The van der Waals surface area contributed by atoms with Crippen molar-refractivity contribution in [3.63, 3.8) is 0 Å². The van der Waals surface area contributed by atoms with Crippen LogP contribution in [-0.2, 0) is 0 Å². The zero-order valence-corrected chi connectivity index (χ0v) is 12.5. The number of hydrogen-bond acceptors (Lipinski definition) is 3. The molecule has 2 aromatic rings. The number of aryl methyl sites for hydroxylation is 2. The second-order valence-corrected chi connectivity index (χ2v) is 5.37. The summed E-state index contributed by atoms with van der Waals surface area (Å²) >= 11 is 6.79. The van der Waals surface area contributed by atoms with Crippen LogP contribution in [-0.4, -0.2) is 9.97 Å². The third-order valence-corrected chi connectivity index (χ3v) is 3.88. The summed E-state index contributed by atoms with van der Waals surface area (Å²) in [5.74, 6) is 0.741. The molecule has 0 N–H and O–H groups in total. The Balaban J connectivity index is 2.27. The lowest BCUT2D eigenvalue weighted by Gasteiger charge is -2.08. The maximum absolute atomic E-state index is 5.59. The highest BCUT2D eigenvalue weighted by Gasteiger charge is 2.05. The number of hydrogen-bond donors (Lipinski definition) is 0. The van der Waals surface area contributed by atoms with Crippen molar-refractivity contribution in [3.8, 4) is 11.8 Å². The predicted octanol–water partition coefficient (Wildman–Crippen LogP) is 4.41. The predicted molar refractivity (Wildman–Crippen MR) is 73.4 cm³/mol. The fraction of sp³-hybridized carbons (Fsp3) is 0.167. The molecule has 0 amide bonds. The van der Waals surface area contributed by atoms with Gasteiger partial charge in [-0.2, -0.15) is 0 Å². The van der Waals surface area contributed by atoms with Crippen molar-refractivity contribution in [2.24, 2.45) is 0 Å². The molecule has 0 aliphatic heterocycles. The molecule has 0 saturated carbocycles. The molecule has 5 heteroatoms. The summed E-state index contributed by atoms with van der Waals surface area (Å²) in [7, 11) is 0. The molecule has 88 valence electrons. The number of rotatable bonds is 2. The first-order valence-electron chi connectivity index (χ1n) is 4.98. The Kier molecular flexibility index (Phi) is 3.79. The fourth-order valence-electron chi connectivity index (χ4n) is 1.42. The molecule has 3 nitrogen and oxygen atoms in total. The van der Waals surface area contributed by atoms with Crippen LogP contribution in [0.2, 0.25) is 0 Å². The van der Waals surface area contributed by atoms with Gasteiger partial charge in [-0.25, -0.2) is 9.97 Å². The average Bonchev–Trinajstić information content (AvgIpc) is 2.29. The first kappa shape index (κ1) is 12.5. The zero-order valence-electron chi connectivity index (χ0n) is 9.37.